The zero-order valence-corrected chi connectivity index (χ0v) is 10.4. The summed E-state index contributed by atoms with van der Waals surface area (Å²) in [5.74, 6) is -1.74. The minimum Gasteiger partial charge on any atom is -0.481 e. The number of carbonyl (C=O) groups is 2. The number of nitrogens with two attached hydrogens (primary N) is 1. The molecule has 0 radical (unpaired) electrons. The van der Waals surface area contributed by atoms with Crippen LogP contribution in [0.1, 0.15) is 34.1 Å². The largest absolute Gasteiger partial charge is 0.481 e. The minimum absolute atomic E-state index is 0.0901. The molecule has 3 unspecified atom stereocenters. The van der Waals surface area contributed by atoms with Gasteiger partial charge in [0.05, 0.1) is 12.0 Å². The van der Waals surface area contributed by atoms with Crippen LogP contribution < -0.4 is 11.1 Å². The highest BCUT2D eigenvalue weighted by molar-refractivity contribution is 5.82. The van der Waals surface area contributed by atoms with Crippen molar-refractivity contribution in [2.75, 3.05) is 0 Å². The summed E-state index contributed by atoms with van der Waals surface area (Å²) in [6.07, 6.45) is 0.817. The second-order valence-electron chi connectivity index (χ2n) is 4.34. The fraction of sp³-hybridized carbons (Fsp3) is 0.818. The highest BCUT2D eigenvalue weighted by Crippen LogP contribution is 2.07. The van der Waals surface area contributed by atoms with Crippen LogP contribution in [0.15, 0.2) is 0 Å². The Morgan fingerprint density at radius 2 is 1.81 bits per heavy atom. The molecule has 4 N–H and O–H groups in total. The van der Waals surface area contributed by atoms with E-state index in [1.54, 1.807) is 13.8 Å². The zero-order chi connectivity index (χ0) is 12.9. The Morgan fingerprint density at radius 1 is 1.31 bits per heavy atom. The number of aliphatic carboxylic acids is 1. The normalized spacial score (nSPS) is 18.3. The first-order valence-electron chi connectivity index (χ1n) is 5.60. The van der Waals surface area contributed by atoms with Crippen LogP contribution in [0.3, 0.4) is 0 Å². The summed E-state index contributed by atoms with van der Waals surface area (Å²) in [4.78, 5) is 22.4. The van der Waals surface area contributed by atoms with E-state index >= 15 is 0 Å². The van der Waals surface area contributed by atoms with Crippen molar-refractivity contribution in [3.8, 4) is 0 Å². The Balaban J connectivity index is 4.29. The lowest BCUT2D eigenvalue weighted by Crippen LogP contribution is -2.50. The van der Waals surface area contributed by atoms with Crippen LogP contribution in [0.5, 0.6) is 0 Å². The van der Waals surface area contributed by atoms with Gasteiger partial charge < -0.3 is 16.2 Å². The molecule has 0 aromatic rings. The standard InChI is InChI=1S/C11H22N2O3/c1-5-6(2)9(12)10(14)13-8(4)7(3)11(15)16/h6-9H,5,12H2,1-4H3,(H,13,14)(H,15,16)/t6?,7?,8?,9-/m0/s1. The van der Waals surface area contributed by atoms with Crippen LogP contribution >= 0.6 is 0 Å². The maximum Gasteiger partial charge on any atom is 0.308 e. The van der Waals surface area contributed by atoms with Crippen molar-refractivity contribution in [1.82, 2.24) is 5.32 Å². The SMILES string of the molecule is CCC(C)[C@H](N)C(=O)NC(C)C(C)C(=O)O. The topological polar surface area (TPSA) is 92.4 Å². The maximum atomic E-state index is 11.7. The van der Waals surface area contributed by atoms with Gasteiger partial charge in [-0.2, -0.15) is 0 Å². The number of carbonyl (C=O) groups excluding carboxylic acids is 1. The Labute approximate surface area is 96.4 Å². The minimum atomic E-state index is -0.926. The Bertz CT molecular complexity index is 256. The lowest BCUT2D eigenvalue weighted by atomic mass is 9.98. The summed E-state index contributed by atoms with van der Waals surface area (Å²) < 4.78 is 0. The molecule has 0 heterocycles. The average Bonchev–Trinajstić information content (AvgIpc) is 2.25. The van der Waals surface area contributed by atoms with Gasteiger partial charge in [0.1, 0.15) is 0 Å². The highest BCUT2D eigenvalue weighted by Gasteiger charge is 2.25. The van der Waals surface area contributed by atoms with Crippen molar-refractivity contribution < 1.29 is 14.7 Å². The maximum absolute atomic E-state index is 11.7. The number of rotatable bonds is 6. The molecule has 0 saturated heterocycles. The summed E-state index contributed by atoms with van der Waals surface area (Å²) in [6, 6.07) is -0.992. The van der Waals surface area contributed by atoms with E-state index in [1.165, 1.54) is 0 Å². The molecule has 16 heavy (non-hydrogen) atoms. The van der Waals surface area contributed by atoms with E-state index in [1.807, 2.05) is 13.8 Å². The van der Waals surface area contributed by atoms with Gasteiger partial charge in [-0.1, -0.05) is 20.3 Å². The molecule has 0 fully saturated rings. The van der Waals surface area contributed by atoms with Gasteiger partial charge in [0.25, 0.3) is 0 Å². The van der Waals surface area contributed by atoms with E-state index in [9.17, 15) is 9.59 Å². The highest BCUT2D eigenvalue weighted by atomic mass is 16.4. The van der Waals surface area contributed by atoms with E-state index in [-0.39, 0.29) is 11.8 Å². The monoisotopic (exact) mass is 230 g/mol. The second-order valence-corrected chi connectivity index (χ2v) is 4.34. The van der Waals surface area contributed by atoms with Crippen molar-refractivity contribution in [3.05, 3.63) is 0 Å². The number of carboxylic acids is 1. The van der Waals surface area contributed by atoms with E-state index in [2.05, 4.69) is 5.32 Å². The molecule has 0 aliphatic rings. The number of hydrogen-bond acceptors (Lipinski definition) is 3. The molecular weight excluding hydrogens is 208 g/mol. The van der Waals surface area contributed by atoms with Gasteiger partial charge in [0.15, 0.2) is 0 Å². The van der Waals surface area contributed by atoms with Crippen LogP contribution in [0.2, 0.25) is 0 Å². The predicted octanol–water partition coefficient (Wildman–Crippen LogP) is 0.585. The number of nitrogens with one attached hydrogen (secondary N) is 1. The summed E-state index contributed by atoms with van der Waals surface area (Å²) in [6.45, 7) is 7.08. The third kappa shape index (κ3) is 4.18. The van der Waals surface area contributed by atoms with Crippen molar-refractivity contribution in [3.63, 3.8) is 0 Å². The molecule has 4 atom stereocenters. The Morgan fingerprint density at radius 3 is 2.19 bits per heavy atom. The van der Waals surface area contributed by atoms with E-state index in [4.69, 9.17) is 10.8 Å². The van der Waals surface area contributed by atoms with Crippen molar-refractivity contribution in [2.45, 2.75) is 46.2 Å². The smallest absolute Gasteiger partial charge is 0.308 e. The summed E-state index contributed by atoms with van der Waals surface area (Å²) in [5, 5.41) is 11.4. The van der Waals surface area contributed by atoms with Gasteiger partial charge in [-0.15, -0.1) is 0 Å². The lowest BCUT2D eigenvalue weighted by molar-refractivity contribution is -0.142. The zero-order valence-electron chi connectivity index (χ0n) is 10.4. The van der Waals surface area contributed by atoms with Crippen molar-refractivity contribution in [1.29, 1.82) is 0 Å². The molecule has 0 rings (SSSR count). The lowest BCUT2D eigenvalue weighted by Gasteiger charge is -2.23. The molecule has 5 heteroatoms. The molecule has 0 bridgehead atoms. The van der Waals surface area contributed by atoms with Gasteiger partial charge in [0.2, 0.25) is 5.91 Å². The Hall–Kier alpha value is -1.10. The number of carboxylic acid groups (broad SMARTS) is 1. The van der Waals surface area contributed by atoms with E-state index < -0.39 is 24.0 Å². The van der Waals surface area contributed by atoms with Crippen LogP contribution in [0.4, 0.5) is 0 Å². The molecule has 1 amide bonds. The summed E-state index contributed by atoms with van der Waals surface area (Å²) in [5.41, 5.74) is 5.74. The second kappa shape index (κ2) is 6.48. The number of amides is 1. The molecule has 0 aromatic heterocycles. The first kappa shape index (κ1) is 14.9. The van der Waals surface area contributed by atoms with Crippen molar-refractivity contribution >= 4 is 11.9 Å². The molecular formula is C11H22N2O3. The van der Waals surface area contributed by atoms with E-state index in [0.717, 1.165) is 6.42 Å². The molecule has 0 aliphatic heterocycles. The Kier molecular flexibility index (Phi) is 6.03. The fourth-order valence-electron chi connectivity index (χ4n) is 1.17. The van der Waals surface area contributed by atoms with Crippen LogP contribution in [-0.2, 0) is 9.59 Å². The summed E-state index contributed by atoms with van der Waals surface area (Å²) in [7, 11) is 0. The van der Waals surface area contributed by atoms with Gasteiger partial charge in [-0.05, 0) is 19.8 Å². The molecule has 0 aromatic carbocycles. The molecule has 0 spiro atoms. The molecule has 0 saturated carbocycles. The first-order chi connectivity index (χ1) is 7.31. The fourth-order valence-corrected chi connectivity index (χ4v) is 1.17. The van der Waals surface area contributed by atoms with Gasteiger partial charge in [-0.25, -0.2) is 0 Å². The van der Waals surface area contributed by atoms with Gasteiger partial charge in [-0.3, -0.25) is 9.59 Å². The quantitative estimate of drug-likeness (QED) is 0.622. The molecule has 5 nitrogen and oxygen atoms in total. The van der Waals surface area contributed by atoms with E-state index in [0.29, 0.717) is 0 Å². The number of hydrogen-bond donors (Lipinski definition) is 3. The van der Waals surface area contributed by atoms with Gasteiger partial charge >= 0.3 is 5.97 Å². The van der Waals surface area contributed by atoms with Crippen molar-refractivity contribution in [2.24, 2.45) is 17.6 Å². The third-order valence-corrected chi connectivity index (χ3v) is 3.07. The average molecular weight is 230 g/mol. The third-order valence-electron chi connectivity index (χ3n) is 3.07. The molecule has 0 aliphatic carbocycles. The summed E-state index contributed by atoms with van der Waals surface area (Å²) >= 11 is 0. The first-order valence-corrected chi connectivity index (χ1v) is 5.60. The van der Waals surface area contributed by atoms with Crippen LogP contribution in [0.25, 0.3) is 0 Å². The predicted molar refractivity (Wildman–Crippen MR) is 61.8 cm³/mol. The van der Waals surface area contributed by atoms with Gasteiger partial charge in [0, 0.05) is 6.04 Å². The van der Waals surface area contributed by atoms with Crippen LogP contribution in [-0.4, -0.2) is 29.1 Å². The van der Waals surface area contributed by atoms with Crippen LogP contribution in [0, 0.1) is 11.8 Å². The molecule has 94 valence electrons.